The van der Waals surface area contributed by atoms with Gasteiger partial charge in [0.2, 0.25) is 5.91 Å². The molecule has 2 saturated heterocycles. The van der Waals surface area contributed by atoms with Crippen molar-refractivity contribution in [3.8, 4) is 0 Å². The highest BCUT2D eigenvalue weighted by atomic mass is 32.1. The van der Waals surface area contributed by atoms with Crippen molar-refractivity contribution in [2.45, 2.75) is 38.5 Å². The third kappa shape index (κ3) is 3.30. The zero-order valence-corrected chi connectivity index (χ0v) is 13.9. The Hall–Kier alpha value is -0.910. The van der Waals surface area contributed by atoms with Crippen LogP contribution in [0.15, 0.2) is 11.4 Å². The summed E-state index contributed by atoms with van der Waals surface area (Å²) in [6.45, 7) is 5.34. The number of carbonyl (C=O) groups excluding carboxylic acids is 1. The van der Waals surface area contributed by atoms with E-state index in [4.69, 9.17) is 4.74 Å². The van der Waals surface area contributed by atoms with E-state index in [0.29, 0.717) is 18.4 Å². The van der Waals surface area contributed by atoms with E-state index in [2.05, 4.69) is 23.3 Å². The first-order chi connectivity index (χ1) is 10.0. The molecule has 116 valence electrons. The number of fused-ring (bicyclic) bond motifs is 1. The summed E-state index contributed by atoms with van der Waals surface area (Å²) in [6, 6.07) is 2.19. The Morgan fingerprint density at radius 2 is 2.29 bits per heavy atom. The molecule has 1 aromatic heterocycles. The molecular formula is C16H24N2O2S. The standard InChI is InChI=1S/C16H24N2O2S/c1-11-4-5-21-15(11)10-18-8-12-6-13(20-14(12)9-18)7-16(19)17(2)3/h4-5,12-14H,6-10H2,1-3H3/t12-,13+,14+/m0/s1. The number of nitrogens with zero attached hydrogens (tertiary/aromatic N) is 2. The molecule has 0 unspecified atom stereocenters. The Kier molecular flexibility index (Phi) is 4.33. The topological polar surface area (TPSA) is 32.8 Å². The highest BCUT2D eigenvalue weighted by molar-refractivity contribution is 7.10. The van der Waals surface area contributed by atoms with Crippen LogP contribution in [0.4, 0.5) is 0 Å². The second-order valence-corrected chi connectivity index (χ2v) is 7.51. The van der Waals surface area contributed by atoms with Crippen LogP contribution in [0.3, 0.4) is 0 Å². The van der Waals surface area contributed by atoms with Gasteiger partial charge in [-0.3, -0.25) is 9.69 Å². The first-order valence-electron chi connectivity index (χ1n) is 7.64. The van der Waals surface area contributed by atoms with Gasteiger partial charge in [-0.05, 0) is 30.4 Å². The van der Waals surface area contributed by atoms with Crippen molar-refractivity contribution < 1.29 is 9.53 Å². The van der Waals surface area contributed by atoms with Gasteiger partial charge in [0.1, 0.15) is 0 Å². The minimum Gasteiger partial charge on any atom is -0.373 e. The molecule has 1 aromatic rings. The molecule has 0 saturated carbocycles. The minimum atomic E-state index is 0.125. The predicted octanol–water partition coefficient (Wildman–Crippen LogP) is 2.12. The second kappa shape index (κ2) is 6.07. The van der Waals surface area contributed by atoms with Crippen molar-refractivity contribution in [1.82, 2.24) is 9.80 Å². The molecule has 21 heavy (non-hydrogen) atoms. The quantitative estimate of drug-likeness (QED) is 0.854. The number of hydrogen-bond donors (Lipinski definition) is 0. The highest BCUT2D eigenvalue weighted by Crippen LogP contribution is 2.35. The van der Waals surface area contributed by atoms with Crippen molar-refractivity contribution in [2.75, 3.05) is 27.2 Å². The van der Waals surface area contributed by atoms with Crippen molar-refractivity contribution in [2.24, 2.45) is 5.92 Å². The van der Waals surface area contributed by atoms with Gasteiger partial charge < -0.3 is 9.64 Å². The number of hydrogen-bond acceptors (Lipinski definition) is 4. The molecule has 5 heteroatoms. The summed E-state index contributed by atoms with van der Waals surface area (Å²) >= 11 is 1.84. The summed E-state index contributed by atoms with van der Waals surface area (Å²) < 4.78 is 6.10. The normalized spacial score (nSPS) is 28.8. The predicted molar refractivity (Wildman–Crippen MR) is 84.4 cm³/mol. The highest BCUT2D eigenvalue weighted by Gasteiger charge is 2.42. The van der Waals surface area contributed by atoms with Gasteiger partial charge in [0, 0.05) is 44.5 Å². The Labute approximate surface area is 130 Å². The van der Waals surface area contributed by atoms with Gasteiger partial charge >= 0.3 is 0 Å². The van der Waals surface area contributed by atoms with E-state index >= 15 is 0 Å². The number of likely N-dealkylation sites (tertiary alicyclic amines) is 1. The van der Waals surface area contributed by atoms with Crippen LogP contribution in [0.5, 0.6) is 0 Å². The zero-order chi connectivity index (χ0) is 15.0. The Balaban J connectivity index is 1.50. The molecule has 3 heterocycles. The average Bonchev–Trinajstić information content (AvgIpc) is 3.06. The lowest BCUT2D eigenvalue weighted by atomic mass is 10.0. The van der Waals surface area contributed by atoms with E-state index in [1.54, 1.807) is 4.90 Å². The molecule has 0 bridgehead atoms. The van der Waals surface area contributed by atoms with Gasteiger partial charge in [-0.15, -0.1) is 11.3 Å². The molecule has 0 N–H and O–H groups in total. The van der Waals surface area contributed by atoms with Crippen LogP contribution in [-0.4, -0.2) is 55.1 Å². The average molecular weight is 308 g/mol. The van der Waals surface area contributed by atoms with Gasteiger partial charge in [0.25, 0.3) is 0 Å². The lowest BCUT2D eigenvalue weighted by Crippen LogP contribution is -2.29. The number of ether oxygens (including phenoxy) is 1. The largest absolute Gasteiger partial charge is 0.373 e. The lowest BCUT2D eigenvalue weighted by molar-refractivity contribution is -0.131. The molecule has 1 amide bonds. The fourth-order valence-corrected chi connectivity index (χ4v) is 4.30. The van der Waals surface area contributed by atoms with E-state index < -0.39 is 0 Å². The second-order valence-electron chi connectivity index (χ2n) is 6.51. The molecule has 3 atom stereocenters. The summed E-state index contributed by atoms with van der Waals surface area (Å²) in [7, 11) is 3.62. The summed E-state index contributed by atoms with van der Waals surface area (Å²) in [4.78, 5) is 17.4. The van der Waals surface area contributed by atoms with Crippen LogP contribution in [0.25, 0.3) is 0 Å². The van der Waals surface area contributed by atoms with Gasteiger partial charge in [-0.1, -0.05) is 0 Å². The first kappa shape index (κ1) is 15.0. The summed E-state index contributed by atoms with van der Waals surface area (Å²) in [5.74, 6) is 0.774. The molecular weight excluding hydrogens is 284 g/mol. The Morgan fingerprint density at radius 1 is 1.48 bits per heavy atom. The monoisotopic (exact) mass is 308 g/mol. The number of thiophene rings is 1. The van der Waals surface area contributed by atoms with E-state index in [-0.39, 0.29) is 12.0 Å². The minimum absolute atomic E-state index is 0.125. The molecule has 3 rings (SSSR count). The van der Waals surface area contributed by atoms with Crippen LogP contribution < -0.4 is 0 Å². The number of amides is 1. The van der Waals surface area contributed by atoms with Crippen LogP contribution in [0.2, 0.25) is 0 Å². The maximum Gasteiger partial charge on any atom is 0.224 e. The van der Waals surface area contributed by atoms with Crippen molar-refractivity contribution in [1.29, 1.82) is 0 Å². The van der Waals surface area contributed by atoms with Crippen LogP contribution in [0, 0.1) is 12.8 Å². The Bertz CT molecular complexity index is 500. The molecule has 2 fully saturated rings. The van der Waals surface area contributed by atoms with E-state index in [1.165, 1.54) is 10.4 Å². The molecule has 0 spiro atoms. The number of carbonyl (C=O) groups is 1. The third-order valence-electron chi connectivity index (χ3n) is 4.63. The fourth-order valence-electron chi connectivity index (χ4n) is 3.36. The van der Waals surface area contributed by atoms with Crippen molar-refractivity contribution in [3.05, 3.63) is 21.9 Å². The van der Waals surface area contributed by atoms with Gasteiger partial charge in [-0.25, -0.2) is 0 Å². The van der Waals surface area contributed by atoms with E-state index in [0.717, 1.165) is 26.1 Å². The van der Waals surface area contributed by atoms with Gasteiger partial charge in [0.05, 0.1) is 18.6 Å². The molecule has 2 aliphatic heterocycles. The van der Waals surface area contributed by atoms with Crippen LogP contribution in [-0.2, 0) is 16.1 Å². The van der Waals surface area contributed by atoms with Crippen LogP contribution in [0.1, 0.15) is 23.3 Å². The number of aryl methyl sites for hydroxylation is 1. The third-order valence-corrected chi connectivity index (χ3v) is 5.63. The molecule has 0 radical (unpaired) electrons. The summed E-state index contributed by atoms with van der Waals surface area (Å²) in [5.41, 5.74) is 1.40. The molecule has 2 aliphatic rings. The van der Waals surface area contributed by atoms with Gasteiger partial charge in [-0.2, -0.15) is 0 Å². The fraction of sp³-hybridized carbons (Fsp3) is 0.688. The Morgan fingerprint density at radius 3 is 2.90 bits per heavy atom. The lowest BCUT2D eigenvalue weighted by Gasteiger charge is -2.19. The van der Waals surface area contributed by atoms with Crippen LogP contribution >= 0.6 is 11.3 Å². The smallest absolute Gasteiger partial charge is 0.224 e. The van der Waals surface area contributed by atoms with Gasteiger partial charge in [0.15, 0.2) is 0 Å². The van der Waals surface area contributed by atoms with Crippen molar-refractivity contribution >= 4 is 17.2 Å². The summed E-state index contributed by atoms with van der Waals surface area (Å²) in [5, 5.41) is 2.17. The molecule has 0 aliphatic carbocycles. The molecule has 0 aromatic carbocycles. The van der Waals surface area contributed by atoms with E-state index in [1.807, 2.05) is 25.4 Å². The van der Waals surface area contributed by atoms with Crippen molar-refractivity contribution in [3.63, 3.8) is 0 Å². The SMILES string of the molecule is Cc1ccsc1CN1C[C@@H]2C[C@H](CC(=O)N(C)C)O[C@@H]2C1. The zero-order valence-electron chi connectivity index (χ0n) is 13.0. The first-order valence-corrected chi connectivity index (χ1v) is 8.52. The summed E-state index contributed by atoms with van der Waals surface area (Å²) in [6.07, 6.45) is 2.01. The molecule has 4 nitrogen and oxygen atoms in total. The van der Waals surface area contributed by atoms with E-state index in [9.17, 15) is 4.79 Å². The maximum absolute atomic E-state index is 11.8. The number of rotatable bonds is 4. The maximum atomic E-state index is 11.8.